The summed E-state index contributed by atoms with van der Waals surface area (Å²) in [5, 5.41) is 5.62. The Morgan fingerprint density at radius 2 is 1.52 bits per heavy atom. The number of fused-ring (bicyclic) bond motifs is 1. The smallest absolute Gasteiger partial charge is 0.274 e. The van der Waals surface area contributed by atoms with Crippen LogP contribution in [0.2, 0.25) is 0 Å². The molecule has 0 radical (unpaired) electrons. The summed E-state index contributed by atoms with van der Waals surface area (Å²) in [6.45, 7) is 13.5. The summed E-state index contributed by atoms with van der Waals surface area (Å²) in [5.41, 5.74) is 0.214. The van der Waals surface area contributed by atoms with E-state index in [-0.39, 0.29) is 17.5 Å². The molecule has 1 amide bonds. The Kier molecular flexibility index (Phi) is 5.98. The van der Waals surface area contributed by atoms with Crippen molar-refractivity contribution in [2.75, 3.05) is 13.1 Å². The minimum absolute atomic E-state index is 0.104. The Balaban J connectivity index is 2.63. The summed E-state index contributed by atoms with van der Waals surface area (Å²) < 4.78 is 1.42. The molecule has 0 aliphatic heterocycles. The van der Waals surface area contributed by atoms with E-state index in [4.69, 9.17) is 0 Å². The molecule has 2 aromatic rings. The second kappa shape index (κ2) is 7.81. The van der Waals surface area contributed by atoms with E-state index in [0.29, 0.717) is 41.4 Å². The number of benzene rings is 1. The molecule has 1 heterocycles. The maximum Gasteiger partial charge on any atom is 0.274 e. The van der Waals surface area contributed by atoms with Gasteiger partial charge in [0.15, 0.2) is 5.69 Å². The lowest BCUT2D eigenvalue weighted by Gasteiger charge is -2.27. The van der Waals surface area contributed by atoms with Gasteiger partial charge in [0.05, 0.1) is 11.4 Å². The Morgan fingerprint density at radius 3 is 2.00 bits per heavy atom. The zero-order valence-electron chi connectivity index (χ0n) is 16.1. The molecule has 0 saturated heterocycles. The number of carbonyl (C=O) groups is 1. The van der Waals surface area contributed by atoms with Crippen LogP contribution in [0.15, 0.2) is 29.1 Å². The first-order chi connectivity index (χ1) is 11.7. The van der Waals surface area contributed by atoms with Crippen LogP contribution < -0.4 is 5.56 Å². The molecule has 0 atom stereocenters. The Hall–Kier alpha value is -2.17. The van der Waals surface area contributed by atoms with Crippen molar-refractivity contribution in [3.8, 4) is 0 Å². The van der Waals surface area contributed by atoms with E-state index in [0.717, 1.165) is 0 Å². The fourth-order valence-corrected chi connectivity index (χ4v) is 2.99. The highest BCUT2D eigenvalue weighted by molar-refractivity contribution is 6.04. The predicted molar refractivity (Wildman–Crippen MR) is 102 cm³/mol. The molecule has 136 valence electrons. The number of hydrogen-bond acceptors (Lipinski definition) is 3. The second-order valence-electron chi connectivity index (χ2n) is 7.74. The van der Waals surface area contributed by atoms with Crippen LogP contribution in [0.3, 0.4) is 0 Å². The zero-order chi connectivity index (χ0) is 18.7. The molecule has 1 aromatic heterocycles. The van der Waals surface area contributed by atoms with Gasteiger partial charge in [-0.25, -0.2) is 4.68 Å². The molecule has 25 heavy (non-hydrogen) atoms. The molecule has 1 aromatic carbocycles. The third-order valence-electron chi connectivity index (χ3n) is 3.98. The van der Waals surface area contributed by atoms with Crippen molar-refractivity contribution >= 4 is 16.7 Å². The lowest BCUT2D eigenvalue weighted by Crippen LogP contribution is -2.39. The summed E-state index contributed by atoms with van der Waals surface area (Å²) in [6.07, 6.45) is 0. The monoisotopic (exact) mass is 343 g/mol. The number of amides is 1. The maximum absolute atomic E-state index is 13.3. The van der Waals surface area contributed by atoms with Crippen LogP contribution in [-0.4, -0.2) is 33.7 Å². The van der Waals surface area contributed by atoms with Gasteiger partial charge in [-0.1, -0.05) is 45.9 Å². The van der Waals surface area contributed by atoms with E-state index in [2.05, 4.69) is 32.8 Å². The first kappa shape index (κ1) is 19.2. The lowest BCUT2D eigenvalue weighted by molar-refractivity contribution is 0.0708. The van der Waals surface area contributed by atoms with Crippen LogP contribution in [0, 0.1) is 11.8 Å². The molecule has 0 aliphatic rings. The normalized spacial score (nSPS) is 11.7. The van der Waals surface area contributed by atoms with Gasteiger partial charge < -0.3 is 4.90 Å². The SMILES string of the molecule is CC(C)CN(CC(C)C)C(=O)c1nn(C(C)C)c(=O)c2ccccc12. The highest BCUT2D eigenvalue weighted by atomic mass is 16.2. The van der Waals surface area contributed by atoms with Crippen molar-refractivity contribution in [3.05, 3.63) is 40.3 Å². The van der Waals surface area contributed by atoms with Gasteiger partial charge in [0.25, 0.3) is 11.5 Å². The largest absolute Gasteiger partial charge is 0.337 e. The first-order valence-corrected chi connectivity index (χ1v) is 9.03. The Morgan fingerprint density at radius 1 is 1.00 bits per heavy atom. The summed E-state index contributed by atoms with van der Waals surface area (Å²) in [4.78, 5) is 27.8. The van der Waals surface area contributed by atoms with E-state index in [1.165, 1.54) is 4.68 Å². The van der Waals surface area contributed by atoms with E-state index in [1.54, 1.807) is 6.07 Å². The second-order valence-corrected chi connectivity index (χ2v) is 7.74. The van der Waals surface area contributed by atoms with Crippen LogP contribution in [0.5, 0.6) is 0 Å². The van der Waals surface area contributed by atoms with Crippen molar-refractivity contribution in [1.29, 1.82) is 0 Å². The van der Waals surface area contributed by atoms with Gasteiger partial charge in [-0.2, -0.15) is 5.10 Å². The van der Waals surface area contributed by atoms with Gasteiger partial charge in [0, 0.05) is 18.5 Å². The number of nitrogens with zero attached hydrogens (tertiary/aromatic N) is 3. The van der Waals surface area contributed by atoms with Crippen molar-refractivity contribution in [2.24, 2.45) is 11.8 Å². The highest BCUT2D eigenvalue weighted by Gasteiger charge is 2.23. The molecular formula is C20H29N3O2. The number of rotatable bonds is 6. The van der Waals surface area contributed by atoms with E-state index in [9.17, 15) is 9.59 Å². The lowest BCUT2D eigenvalue weighted by atomic mass is 10.1. The van der Waals surface area contributed by atoms with Crippen molar-refractivity contribution in [2.45, 2.75) is 47.6 Å². The van der Waals surface area contributed by atoms with Crippen LogP contribution in [0.4, 0.5) is 0 Å². The first-order valence-electron chi connectivity index (χ1n) is 9.03. The summed E-state index contributed by atoms with van der Waals surface area (Å²) in [6, 6.07) is 7.14. The highest BCUT2D eigenvalue weighted by Crippen LogP contribution is 2.18. The number of hydrogen-bond donors (Lipinski definition) is 0. The number of aromatic nitrogens is 2. The molecule has 0 bridgehead atoms. The van der Waals surface area contributed by atoms with Crippen molar-refractivity contribution in [3.63, 3.8) is 0 Å². The van der Waals surface area contributed by atoms with E-state index >= 15 is 0 Å². The molecule has 5 heteroatoms. The van der Waals surface area contributed by atoms with Crippen molar-refractivity contribution < 1.29 is 4.79 Å². The minimum atomic E-state index is -0.151. The van der Waals surface area contributed by atoms with Gasteiger partial charge in [0.1, 0.15) is 0 Å². The van der Waals surface area contributed by atoms with Gasteiger partial charge in [-0.05, 0) is 31.7 Å². The average molecular weight is 343 g/mol. The molecule has 2 rings (SSSR count). The fourth-order valence-electron chi connectivity index (χ4n) is 2.99. The molecule has 0 saturated carbocycles. The van der Waals surface area contributed by atoms with Crippen LogP contribution >= 0.6 is 0 Å². The molecule has 0 spiro atoms. The molecule has 5 nitrogen and oxygen atoms in total. The summed E-state index contributed by atoms with van der Waals surface area (Å²) in [5.74, 6) is 0.628. The molecule has 0 N–H and O–H groups in total. The standard InChI is InChI=1S/C20H29N3O2/c1-13(2)11-22(12-14(3)4)20(25)18-16-9-7-8-10-17(16)19(24)23(21-18)15(5)6/h7-10,13-15H,11-12H2,1-6H3. The van der Waals surface area contributed by atoms with Gasteiger partial charge in [-0.3, -0.25) is 9.59 Å². The minimum Gasteiger partial charge on any atom is -0.337 e. The van der Waals surface area contributed by atoms with Gasteiger partial charge in [0.2, 0.25) is 0 Å². The van der Waals surface area contributed by atoms with E-state index in [1.807, 2.05) is 36.9 Å². The summed E-state index contributed by atoms with van der Waals surface area (Å²) in [7, 11) is 0. The summed E-state index contributed by atoms with van der Waals surface area (Å²) >= 11 is 0. The molecule has 0 unspecified atom stereocenters. The maximum atomic E-state index is 13.3. The van der Waals surface area contributed by atoms with Crippen LogP contribution in [-0.2, 0) is 0 Å². The zero-order valence-corrected chi connectivity index (χ0v) is 16.1. The predicted octanol–water partition coefficient (Wildman–Crippen LogP) is 3.73. The molecular weight excluding hydrogens is 314 g/mol. The number of carbonyl (C=O) groups excluding carboxylic acids is 1. The van der Waals surface area contributed by atoms with Crippen LogP contribution in [0.25, 0.3) is 10.8 Å². The third-order valence-corrected chi connectivity index (χ3v) is 3.98. The Bertz CT molecular complexity index is 796. The van der Waals surface area contributed by atoms with Gasteiger partial charge >= 0.3 is 0 Å². The topological polar surface area (TPSA) is 55.2 Å². The van der Waals surface area contributed by atoms with Gasteiger partial charge in [-0.15, -0.1) is 0 Å². The average Bonchev–Trinajstić information content (AvgIpc) is 2.53. The fraction of sp³-hybridized carbons (Fsp3) is 0.550. The Labute approximate surface area is 149 Å². The molecule has 0 fully saturated rings. The van der Waals surface area contributed by atoms with Crippen LogP contribution in [0.1, 0.15) is 58.1 Å². The molecule has 0 aliphatic carbocycles. The van der Waals surface area contributed by atoms with Crippen molar-refractivity contribution in [1.82, 2.24) is 14.7 Å². The third kappa shape index (κ3) is 4.27. The van der Waals surface area contributed by atoms with E-state index < -0.39 is 0 Å². The quantitative estimate of drug-likeness (QED) is 0.803.